The van der Waals surface area contributed by atoms with Crippen molar-refractivity contribution in [1.82, 2.24) is 10.2 Å². The molecule has 0 atom stereocenters. The third-order valence-electron chi connectivity index (χ3n) is 2.60. The van der Waals surface area contributed by atoms with E-state index in [1.807, 2.05) is 24.4 Å². The predicted octanol–water partition coefficient (Wildman–Crippen LogP) is 1.57. The second-order valence-corrected chi connectivity index (χ2v) is 3.54. The third-order valence-corrected chi connectivity index (χ3v) is 2.60. The number of carbonyl (C=O) groups is 1. The number of hydrogen-bond donors (Lipinski definition) is 2. The normalized spacial score (nSPS) is 13.7. The Morgan fingerprint density at radius 3 is 3.07 bits per heavy atom. The molecule has 2 aromatic rings. The van der Waals surface area contributed by atoms with Gasteiger partial charge in [0.1, 0.15) is 0 Å². The first kappa shape index (κ1) is 8.23. The maximum absolute atomic E-state index is 11.3. The number of hydrogen-bond acceptors (Lipinski definition) is 2. The number of aromatic nitrogens is 2. The van der Waals surface area contributed by atoms with Crippen LogP contribution in [0.4, 0.5) is 5.69 Å². The van der Waals surface area contributed by atoms with E-state index >= 15 is 0 Å². The highest BCUT2D eigenvalue weighted by Crippen LogP contribution is 2.32. The van der Waals surface area contributed by atoms with Crippen LogP contribution in [0.15, 0.2) is 30.6 Å². The largest absolute Gasteiger partial charge is 0.326 e. The zero-order valence-electron chi connectivity index (χ0n) is 7.95. The lowest BCUT2D eigenvalue weighted by atomic mass is 10.0. The molecule has 1 aliphatic rings. The van der Waals surface area contributed by atoms with Gasteiger partial charge in [0.15, 0.2) is 0 Å². The quantitative estimate of drug-likeness (QED) is 0.732. The van der Waals surface area contributed by atoms with Gasteiger partial charge in [-0.2, -0.15) is 5.10 Å². The first-order chi connectivity index (χ1) is 7.34. The molecule has 2 N–H and O–H groups in total. The molecule has 0 radical (unpaired) electrons. The van der Waals surface area contributed by atoms with Gasteiger partial charge in [-0.05, 0) is 17.2 Å². The molecule has 3 rings (SSSR count). The number of amides is 1. The summed E-state index contributed by atoms with van der Waals surface area (Å²) in [5, 5.41) is 9.52. The number of H-pyrrole nitrogens is 1. The van der Waals surface area contributed by atoms with Gasteiger partial charge >= 0.3 is 0 Å². The topological polar surface area (TPSA) is 57.8 Å². The number of benzene rings is 1. The number of anilines is 1. The molecule has 15 heavy (non-hydrogen) atoms. The minimum absolute atomic E-state index is 0.0564. The number of carbonyl (C=O) groups excluding carboxylic acids is 1. The Labute approximate surface area is 86.3 Å². The Hall–Kier alpha value is -2.10. The lowest BCUT2D eigenvalue weighted by Crippen LogP contribution is -2.03. The summed E-state index contributed by atoms with van der Waals surface area (Å²) in [6, 6.07) is 5.86. The molecular weight excluding hydrogens is 190 g/mol. The van der Waals surface area contributed by atoms with Crippen LogP contribution in [0.3, 0.4) is 0 Å². The van der Waals surface area contributed by atoms with Crippen LogP contribution in [0.5, 0.6) is 0 Å². The van der Waals surface area contributed by atoms with Crippen molar-refractivity contribution in [3.8, 4) is 11.1 Å². The van der Waals surface area contributed by atoms with Crippen molar-refractivity contribution in [2.75, 3.05) is 5.32 Å². The first-order valence-corrected chi connectivity index (χ1v) is 4.75. The molecule has 1 aromatic carbocycles. The van der Waals surface area contributed by atoms with E-state index in [1.165, 1.54) is 0 Å². The van der Waals surface area contributed by atoms with Gasteiger partial charge in [0.25, 0.3) is 0 Å². The molecule has 0 saturated heterocycles. The fraction of sp³-hybridized carbons (Fsp3) is 0.0909. The van der Waals surface area contributed by atoms with Crippen LogP contribution in [-0.2, 0) is 11.2 Å². The summed E-state index contributed by atoms with van der Waals surface area (Å²) in [7, 11) is 0. The summed E-state index contributed by atoms with van der Waals surface area (Å²) in [6.07, 6.45) is 4.05. The molecule has 1 aliphatic heterocycles. The Balaban J connectivity index is 2.19. The maximum Gasteiger partial charge on any atom is 0.228 e. The van der Waals surface area contributed by atoms with E-state index in [0.29, 0.717) is 6.42 Å². The third kappa shape index (κ3) is 1.22. The second kappa shape index (κ2) is 2.95. The van der Waals surface area contributed by atoms with Crippen LogP contribution >= 0.6 is 0 Å². The van der Waals surface area contributed by atoms with Crippen molar-refractivity contribution in [3.63, 3.8) is 0 Å². The van der Waals surface area contributed by atoms with Gasteiger partial charge in [-0.3, -0.25) is 9.89 Å². The lowest BCUT2D eigenvalue weighted by molar-refractivity contribution is -0.115. The Morgan fingerprint density at radius 1 is 1.33 bits per heavy atom. The van der Waals surface area contributed by atoms with Gasteiger partial charge in [-0.15, -0.1) is 0 Å². The number of nitrogens with zero attached hydrogens (tertiary/aromatic N) is 1. The van der Waals surface area contributed by atoms with Crippen LogP contribution in [0.1, 0.15) is 5.56 Å². The van der Waals surface area contributed by atoms with Crippen molar-refractivity contribution in [1.29, 1.82) is 0 Å². The van der Waals surface area contributed by atoms with Gasteiger partial charge < -0.3 is 5.32 Å². The first-order valence-electron chi connectivity index (χ1n) is 4.75. The Kier molecular flexibility index (Phi) is 1.62. The summed E-state index contributed by atoms with van der Waals surface area (Å²) >= 11 is 0. The number of aromatic amines is 1. The van der Waals surface area contributed by atoms with Crippen molar-refractivity contribution in [3.05, 3.63) is 36.2 Å². The molecule has 0 bridgehead atoms. The zero-order chi connectivity index (χ0) is 10.3. The molecule has 2 heterocycles. The fourth-order valence-corrected chi connectivity index (χ4v) is 1.92. The van der Waals surface area contributed by atoms with E-state index in [9.17, 15) is 4.79 Å². The monoisotopic (exact) mass is 199 g/mol. The molecular formula is C11H9N3O. The average molecular weight is 199 g/mol. The lowest BCUT2D eigenvalue weighted by Gasteiger charge is -2.03. The predicted molar refractivity (Wildman–Crippen MR) is 56.4 cm³/mol. The molecule has 0 fully saturated rings. The van der Waals surface area contributed by atoms with Crippen molar-refractivity contribution < 1.29 is 4.79 Å². The van der Waals surface area contributed by atoms with Crippen LogP contribution < -0.4 is 5.32 Å². The van der Waals surface area contributed by atoms with Crippen molar-refractivity contribution >= 4 is 11.6 Å². The highest BCUT2D eigenvalue weighted by atomic mass is 16.1. The van der Waals surface area contributed by atoms with E-state index in [1.54, 1.807) is 6.20 Å². The van der Waals surface area contributed by atoms with E-state index in [-0.39, 0.29) is 5.91 Å². The van der Waals surface area contributed by atoms with E-state index < -0.39 is 0 Å². The number of rotatable bonds is 1. The summed E-state index contributed by atoms with van der Waals surface area (Å²) in [5.74, 6) is 0.0564. The van der Waals surface area contributed by atoms with Crippen LogP contribution in [-0.4, -0.2) is 16.1 Å². The van der Waals surface area contributed by atoms with Gasteiger partial charge in [0, 0.05) is 17.4 Å². The SMILES string of the molecule is O=C1Cc2c(cccc2-c2cn[nH]c2)N1. The summed E-state index contributed by atoms with van der Waals surface area (Å²) < 4.78 is 0. The molecule has 0 unspecified atom stereocenters. The molecule has 0 spiro atoms. The van der Waals surface area contributed by atoms with Gasteiger partial charge in [0.05, 0.1) is 12.6 Å². The zero-order valence-corrected chi connectivity index (χ0v) is 7.95. The molecule has 74 valence electrons. The van der Waals surface area contributed by atoms with E-state index in [4.69, 9.17) is 0 Å². The number of fused-ring (bicyclic) bond motifs is 1. The van der Waals surface area contributed by atoms with E-state index in [0.717, 1.165) is 22.4 Å². The average Bonchev–Trinajstić information content (AvgIpc) is 2.82. The standard InChI is InChI=1S/C11H9N3O/c15-11-4-9-8(7-5-12-13-6-7)2-1-3-10(9)14-11/h1-3,5-6H,4H2,(H,12,13)(H,14,15). The minimum atomic E-state index is 0.0564. The van der Waals surface area contributed by atoms with Gasteiger partial charge in [0.2, 0.25) is 5.91 Å². The van der Waals surface area contributed by atoms with Crippen molar-refractivity contribution in [2.45, 2.75) is 6.42 Å². The summed E-state index contributed by atoms with van der Waals surface area (Å²) in [6.45, 7) is 0. The smallest absolute Gasteiger partial charge is 0.228 e. The summed E-state index contributed by atoms with van der Waals surface area (Å²) in [5.41, 5.74) is 4.06. The molecule has 4 heteroatoms. The second-order valence-electron chi connectivity index (χ2n) is 3.54. The molecule has 1 amide bonds. The molecule has 1 aromatic heterocycles. The van der Waals surface area contributed by atoms with Crippen molar-refractivity contribution in [2.24, 2.45) is 0 Å². The highest BCUT2D eigenvalue weighted by molar-refractivity contribution is 6.01. The van der Waals surface area contributed by atoms with Crippen LogP contribution in [0.2, 0.25) is 0 Å². The Bertz CT molecular complexity index is 517. The number of nitrogens with one attached hydrogen (secondary N) is 2. The summed E-state index contributed by atoms with van der Waals surface area (Å²) in [4.78, 5) is 11.3. The van der Waals surface area contributed by atoms with Gasteiger partial charge in [-0.1, -0.05) is 12.1 Å². The molecule has 0 saturated carbocycles. The molecule has 4 nitrogen and oxygen atoms in total. The highest BCUT2D eigenvalue weighted by Gasteiger charge is 2.20. The van der Waals surface area contributed by atoms with Crippen LogP contribution in [0.25, 0.3) is 11.1 Å². The fourth-order valence-electron chi connectivity index (χ4n) is 1.92. The Morgan fingerprint density at radius 2 is 2.27 bits per heavy atom. The minimum Gasteiger partial charge on any atom is -0.326 e. The van der Waals surface area contributed by atoms with Gasteiger partial charge in [-0.25, -0.2) is 0 Å². The molecule has 0 aliphatic carbocycles. The maximum atomic E-state index is 11.3. The van der Waals surface area contributed by atoms with E-state index in [2.05, 4.69) is 15.5 Å². The van der Waals surface area contributed by atoms with Crippen LogP contribution in [0, 0.1) is 0 Å².